The van der Waals surface area contributed by atoms with Gasteiger partial charge >= 0.3 is 33.6 Å². The maximum Gasteiger partial charge on any atom is 0.472 e. The fourth-order valence-electron chi connectivity index (χ4n) is 13.5. The number of rotatable bonds is 91. The molecule has 0 aliphatic rings. The lowest BCUT2D eigenvalue weighted by Crippen LogP contribution is -2.30. The molecule has 0 spiro atoms. The summed E-state index contributed by atoms with van der Waals surface area (Å²) in [5.41, 5.74) is 0. The van der Waals surface area contributed by atoms with Gasteiger partial charge in [0.2, 0.25) is 0 Å². The molecule has 0 aromatic carbocycles. The first-order valence-electron chi connectivity index (χ1n) is 47.5. The number of hydrogen-bond donors (Lipinski definition) is 4. The standard InChI is InChI=1S/C97H176O16P2/c1-4-7-10-13-16-19-22-25-27-29-31-33-35-37-39-41-43-45-47-49-51-53-55-57-59-61-63-66-68-71-74-77-80-83-95(100)107-86-92(98)87-109-114(103,104)110-88-93(99)89-111-115(105,106)112-91-94(113-97(102)85-82-79-76-73-70-65-24-21-18-15-12-9-6-3)90-108-96(101)84-81-78-75-72-69-67-64-62-60-58-56-54-52-50-48-46-44-42-40-38-36-34-32-30-28-26-23-20-17-14-11-8-5-2/h16-17,19-20,25-28,31-34,37-40,92-94,98-99H,4-15,18,21-24,29-30,35-36,41-91H2,1-3H3,(H,103,104)(H,105,106)/b19-16-,20-17-,27-25-,28-26-,33-31-,34-32-,39-37-,40-38-. The maximum absolute atomic E-state index is 13.0. The Morgan fingerprint density at radius 2 is 0.435 bits per heavy atom. The largest absolute Gasteiger partial charge is 0.472 e. The van der Waals surface area contributed by atoms with Crippen molar-refractivity contribution in [3.05, 3.63) is 97.2 Å². The summed E-state index contributed by atoms with van der Waals surface area (Å²) in [6, 6.07) is 0. The zero-order valence-electron chi connectivity index (χ0n) is 74.0. The van der Waals surface area contributed by atoms with Crippen molar-refractivity contribution in [1.82, 2.24) is 0 Å². The molecule has 0 fully saturated rings. The van der Waals surface area contributed by atoms with Crippen molar-refractivity contribution in [3.63, 3.8) is 0 Å². The van der Waals surface area contributed by atoms with Crippen LogP contribution in [0.1, 0.15) is 445 Å². The van der Waals surface area contributed by atoms with Crippen LogP contribution in [0.5, 0.6) is 0 Å². The zero-order chi connectivity index (χ0) is 83.6. The highest BCUT2D eigenvalue weighted by Gasteiger charge is 2.30. The van der Waals surface area contributed by atoms with E-state index in [1.54, 1.807) is 0 Å². The molecule has 0 aromatic rings. The van der Waals surface area contributed by atoms with Crippen molar-refractivity contribution in [2.45, 2.75) is 463 Å². The Labute approximate surface area is 705 Å². The Hall–Kier alpha value is -3.53. The number of hydrogen-bond acceptors (Lipinski definition) is 14. The lowest BCUT2D eigenvalue weighted by Gasteiger charge is -2.21. The molecule has 0 aliphatic heterocycles. The average molecular weight is 1660 g/mol. The van der Waals surface area contributed by atoms with E-state index in [2.05, 4.69) is 118 Å². The molecular formula is C97H176O16P2. The van der Waals surface area contributed by atoms with Crippen molar-refractivity contribution < 1.29 is 75.8 Å². The zero-order valence-corrected chi connectivity index (χ0v) is 75.8. The molecule has 0 saturated carbocycles. The van der Waals surface area contributed by atoms with Gasteiger partial charge in [-0.1, -0.05) is 413 Å². The molecule has 0 aromatic heterocycles. The second kappa shape index (κ2) is 89.7. The molecule has 5 atom stereocenters. The monoisotopic (exact) mass is 1660 g/mol. The molecule has 0 rings (SSSR count). The van der Waals surface area contributed by atoms with Gasteiger partial charge in [0.1, 0.15) is 25.4 Å². The van der Waals surface area contributed by atoms with E-state index in [1.165, 1.54) is 283 Å². The Balaban J connectivity index is 4.36. The number of phosphoric acid groups is 2. The summed E-state index contributed by atoms with van der Waals surface area (Å²) < 4.78 is 61.4. The summed E-state index contributed by atoms with van der Waals surface area (Å²) in [5.74, 6) is -1.54. The average Bonchev–Trinajstić information content (AvgIpc) is 0.901. The predicted molar refractivity (Wildman–Crippen MR) is 482 cm³/mol. The summed E-state index contributed by atoms with van der Waals surface area (Å²) >= 11 is 0. The van der Waals surface area contributed by atoms with Crippen LogP contribution in [0, 0.1) is 0 Å². The number of esters is 3. The summed E-state index contributed by atoms with van der Waals surface area (Å²) in [6.07, 6.45) is 108. The van der Waals surface area contributed by atoms with Crippen molar-refractivity contribution in [2.24, 2.45) is 0 Å². The minimum atomic E-state index is -4.93. The van der Waals surface area contributed by atoms with Crippen LogP contribution < -0.4 is 0 Å². The van der Waals surface area contributed by atoms with Crippen molar-refractivity contribution in [1.29, 1.82) is 0 Å². The van der Waals surface area contributed by atoms with E-state index in [9.17, 15) is 43.5 Å². The molecular weight excluding hydrogens is 1480 g/mol. The summed E-state index contributed by atoms with van der Waals surface area (Å²) in [5, 5.41) is 20.7. The van der Waals surface area contributed by atoms with Gasteiger partial charge in [-0.05, 0) is 109 Å². The first kappa shape index (κ1) is 111. The highest BCUT2D eigenvalue weighted by atomic mass is 31.2. The number of aliphatic hydroxyl groups excluding tert-OH is 2. The van der Waals surface area contributed by atoms with Gasteiger partial charge in [0, 0.05) is 19.3 Å². The lowest BCUT2D eigenvalue weighted by molar-refractivity contribution is -0.161. The van der Waals surface area contributed by atoms with Crippen LogP contribution in [-0.2, 0) is 55.8 Å². The van der Waals surface area contributed by atoms with Gasteiger partial charge in [0.15, 0.2) is 6.10 Å². The number of phosphoric ester groups is 2. The van der Waals surface area contributed by atoms with E-state index in [0.29, 0.717) is 19.3 Å². The first-order chi connectivity index (χ1) is 56.2. The second-order valence-corrected chi connectivity index (χ2v) is 35.1. The summed E-state index contributed by atoms with van der Waals surface area (Å²) in [6.45, 7) is 2.71. The minimum Gasteiger partial charge on any atom is -0.463 e. The van der Waals surface area contributed by atoms with Crippen LogP contribution in [0.2, 0.25) is 0 Å². The topological polar surface area (TPSA) is 231 Å². The second-order valence-electron chi connectivity index (χ2n) is 32.2. The molecule has 18 heteroatoms. The van der Waals surface area contributed by atoms with E-state index < -0.39 is 91.5 Å². The summed E-state index contributed by atoms with van der Waals surface area (Å²) in [7, 11) is -9.78. The number of allylic oxidation sites excluding steroid dienone is 16. The third-order valence-corrected chi connectivity index (χ3v) is 22.7. The molecule has 670 valence electrons. The molecule has 0 saturated heterocycles. The van der Waals surface area contributed by atoms with E-state index in [-0.39, 0.29) is 19.3 Å². The minimum absolute atomic E-state index is 0.111. The van der Waals surface area contributed by atoms with Crippen molar-refractivity contribution in [2.75, 3.05) is 39.6 Å². The fourth-order valence-corrected chi connectivity index (χ4v) is 15.1. The highest BCUT2D eigenvalue weighted by Crippen LogP contribution is 2.45. The Kier molecular flexibility index (Phi) is 87.0. The smallest absolute Gasteiger partial charge is 0.463 e. The van der Waals surface area contributed by atoms with E-state index in [1.807, 2.05) is 0 Å². The van der Waals surface area contributed by atoms with Crippen LogP contribution in [-0.4, -0.2) is 95.9 Å². The van der Waals surface area contributed by atoms with Gasteiger partial charge in [-0.15, -0.1) is 0 Å². The maximum atomic E-state index is 13.0. The van der Waals surface area contributed by atoms with E-state index >= 15 is 0 Å². The van der Waals surface area contributed by atoms with E-state index in [4.69, 9.17) is 32.3 Å². The number of aliphatic hydroxyl groups is 2. The summed E-state index contributed by atoms with van der Waals surface area (Å²) in [4.78, 5) is 58.9. The Morgan fingerprint density at radius 3 is 0.704 bits per heavy atom. The Bertz CT molecular complexity index is 2470. The van der Waals surface area contributed by atoms with E-state index in [0.717, 1.165) is 103 Å². The van der Waals surface area contributed by atoms with Gasteiger partial charge in [0.05, 0.1) is 26.4 Å². The number of ether oxygens (including phenoxy) is 3. The number of carbonyl (C=O) groups is 3. The van der Waals surface area contributed by atoms with Crippen LogP contribution >= 0.6 is 15.6 Å². The predicted octanol–water partition coefficient (Wildman–Crippen LogP) is 29.2. The molecule has 5 unspecified atom stereocenters. The molecule has 0 heterocycles. The molecule has 0 bridgehead atoms. The SMILES string of the molecule is CCCCC/C=C\C/C=C\C/C=C\C/C=C\CCCCCCCCCCCCCCCCCCCC(=O)OCC(O)COP(=O)(O)OCC(O)COP(=O)(O)OCC(COC(=O)CCCCCCCCCCCCCCCCCCC/C=C\C/C=C\C/C=C\C/C=C\CCCCC)OC(=O)CCCCCCCCCCCCCCC. The number of carbonyl (C=O) groups excluding carboxylic acids is 3. The van der Waals surface area contributed by atoms with Crippen LogP contribution in [0.15, 0.2) is 97.2 Å². The van der Waals surface area contributed by atoms with Gasteiger partial charge in [-0.2, -0.15) is 0 Å². The lowest BCUT2D eigenvalue weighted by atomic mass is 10.0. The number of unbranched alkanes of at least 4 members (excludes halogenated alkanes) is 52. The Morgan fingerprint density at radius 1 is 0.243 bits per heavy atom. The first-order valence-corrected chi connectivity index (χ1v) is 50.5. The van der Waals surface area contributed by atoms with Gasteiger partial charge in [-0.25, -0.2) is 9.13 Å². The fraction of sp³-hybridized carbons (Fsp3) is 0.804. The molecule has 0 amide bonds. The highest BCUT2D eigenvalue weighted by molar-refractivity contribution is 7.47. The third-order valence-electron chi connectivity index (χ3n) is 20.8. The van der Waals surface area contributed by atoms with Crippen LogP contribution in [0.25, 0.3) is 0 Å². The quantitative estimate of drug-likeness (QED) is 0.0146. The molecule has 4 N–H and O–H groups in total. The third kappa shape index (κ3) is 91.1. The van der Waals surface area contributed by atoms with Gasteiger partial charge in [0.25, 0.3) is 0 Å². The van der Waals surface area contributed by atoms with Gasteiger partial charge in [-0.3, -0.25) is 32.5 Å². The molecule has 0 aliphatic carbocycles. The molecule has 115 heavy (non-hydrogen) atoms. The van der Waals surface area contributed by atoms with Crippen molar-refractivity contribution in [3.8, 4) is 0 Å². The normalized spacial score (nSPS) is 14.2. The van der Waals surface area contributed by atoms with Crippen LogP contribution in [0.4, 0.5) is 0 Å². The van der Waals surface area contributed by atoms with Crippen molar-refractivity contribution >= 4 is 33.6 Å². The molecule has 0 radical (unpaired) electrons. The van der Waals surface area contributed by atoms with Gasteiger partial charge < -0.3 is 34.2 Å². The van der Waals surface area contributed by atoms with Crippen LogP contribution in [0.3, 0.4) is 0 Å². The molecule has 16 nitrogen and oxygen atoms in total.